The van der Waals surface area contributed by atoms with Crippen LogP contribution in [-0.2, 0) is 4.79 Å². The Morgan fingerprint density at radius 1 is 1.58 bits per heavy atom. The molecular weight excluding hydrogens is 266 g/mol. The van der Waals surface area contributed by atoms with E-state index in [-0.39, 0.29) is 24.5 Å². The second-order valence-corrected chi connectivity index (χ2v) is 5.26. The molecule has 5 heteroatoms. The van der Waals surface area contributed by atoms with Crippen LogP contribution in [-0.4, -0.2) is 41.7 Å². The predicted octanol–water partition coefficient (Wildman–Crippen LogP) is 1.95. The van der Waals surface area contributed by atoms with Crippen LogP contribution < -0.4 is 4.74 Å². The summed E-state index contributed by atoms with van der Waals surface area (Å²) in [4.78, 5) is 13.7. The maximum atomic E-state index is 12.0. The third-order valence-corrected chi connectivity index (χ3v) is 3.76. The molecule has 1 heterocycles. The summed E-state index contributed by atoms with van der Waals surface area (Å²) in [6.07, 6.45) is 0.470. The highest BCUT2D eigenvalue weighted by atomic mass is 35.5. The molecule has 2 unspecified atom stereocenters. The van der Waals surface area contributed by atoms with Crippen LogP contribution in [0.5, 0.6) is 5.75 Å². The first-order chi connectivity index (χ1) is 9.08. The Morgan fingerprint density at radius 2 is 2.32 bits per heavy atom. The van der Waals surface area contributed by atoms with Crippen LogP contribution in [0.4, 0.5) is 0 Å². The lowest BCUT2D eigenvalue weighted by Gasteiger charge is -2.18. The predicted molar refractivity (Wildman–Crippen MR) is 73.3 cm³/mol. The van der Waals surface area contributed by atoms with E-state index in [1.165, 1.54) is 0 Å². The number of amides is 1. The Morgan fingerprint density at radius 3 is 2.95 bits per heavy atom. The van der Waals surface area contributed by atoms with Gasteiger partial charge in [0.25, 0.3) is 5.91 Å². The molecule has 4 nitrogen and oxygen atoms in total. The van der Waals surface area contributed by atoms with Gasteiger partial charge in [0.15, 0.2) is 6.61 Å². The van der Waals surface area contributed by atoms with Gasteiger partial charge in [-0.2, -0.15) is 0 Å². The summed E-state index contributed by atoms with van der Waals surface area (Å²) in [5, 5.41) is 10.0. The Labute approximate surface area is 117 Å². The summed E-state index contributed by atoms with van der Waals surface area (Å²) in [6.45, 7) is 3.03. The number of carbonyl (C=O) groups excluding carboxylic acids is 1. The van der Waals surface area contributed by atoms with Gasteiger partial charge in [-0.15, -0.1) is 0 Å². The van der Waals surface area contributed by atoms with Gasteiger partial charge in [0.1, 0.15) is 5.75 Å². The number of ether oxygens (including phenoxy) is 1. The van der Waals surface area contributed by atoms with Crippen LogP contribution >= 0.6 is 11.6 Å². The van der Waals surface area contributed by atoms with Crippen LogP contribution in [0.25, 0.3) is 0 Å². The van der Waals surface area contributed by atoms with E-state index in [9.17, 15) is 9.90 Å². The zero-order chi connectivity index (χ0) is 13.8. The molecule has 0 aliphatic carbocycles. The average Bonchev–Trinajstić information content (AvgIpc) is 2.87. The first kappa shape index (κ1) is 14.2. The lowest BCUT2D eigenvalue weighted by molar-refractivity contribution is -0.132. The monoisotopic (exact) mass is 283 g/mol. The molecule has 1 N–H and O–H groups in total. The van der Waals surface area contributed by atoms with Crippen LogP contribution in [0.1, 0.15) is 13.3 Å². The van der Waals surface area contributed by atoms with Gasteiger partial charge >= 0.3 is 0 Å². The maximum absolute atomic E-state index is 12.0. The van der Waals surface area contributed by atoms with Crippen molar-refractivity contribution in [2.24, 2.45) is 5.92 Å². The van der Waals surface area contributed by atoms with Gasteiger partial charge in [0.05, 0.1) is 11.1 Å². The lowest BCUT2D eigenvalue weighted by atomic mass is 10.0. The van der Waals surface area contributed by atoms with E-state index >= 15 is 0 Å². The number of carbonyl (C=O) groups is 1. The molecule has 104 valence electrons. The van der Waals surface area contributed by atoms with Gasteiger partial charge in [-0.05, 0) is 25.5 Å². The zero-order valence-electron chi connectivity index (χ0n) is 10.9. The molecule has 2 atom stereocenters. The standard InChI is InChI=1S/C14H18ClNO3/c1-10(17)11-6-7-16(8-11)14(18)9-19-13-5-3-2-4-12(13)15/h2-5,10-11,17H,6-9H2,1H3. The molecule has 0 aromatic heterocycles. The van der Waals surface area contributed by atoms with E-state index in [4.69, 9.17) is 16.3 Å². The van der Waals surface area contributed by atoms with Crippen LogP contribution in [0, 0.1) is 5.92 Å². The quantitative estimate of drug-likeness (QED) is 0.919. The molecule has 2 rings (SSSR count). The van der Waals surface area contributed by atoms with Gasteiger partial charge in [0.2, 0.25) is 0 Å². The minimum absolute atomic E-state index is 0.0176. The Hall–Kier alpha value is -1.26. The number of benzene rings is 1. The smallest absolute Gasteiger partial charge is 0.260 e. The van der Waals surface area contributed by atoms with Crippen LogP contribution in [0.2, 0.25) is 5.02 Å². The molecule has 1 aromatic rings. The van der Waals surface area contributed by atoms with E-state index in [1.54, 1.807) is 24.0 Å². The number of hydrogen-bond donors (Lipinski definition) is 1. The number of rotatable bonds is 4. The van der Waals surface area contributed by atoms with Gasteiger partial charge in [-0.1, -0.05) is 23.7 Å². The Kier molecular flexibility index (Phi) is 4.66. The van der Waals surface area contributed by atoms with Crippen LogP contribution in [0.3, 0.4) is 0 Å². The molecule has 0 spiro atoms. The molecule has 1 fully saturated rings. The molecule has 1 amide bonds. The molecule has 1 aliphatic rings. The van der Waals surface area contributed by atoms with Crippen molar-refractivity contribution in [1.29, 1.82) is 0 Å². The number of nitrogens with zero attached hydrogens (tertiary/aromatic N) is 1. The van der Waals surface area contributed by atoms with Crippen molar-refractivity contribution < 1.29 is 14.6 Å². The van der Waals surface area contributed by atoms with E-state index in [1.807, 2.05) is 12.1 Å². The number of likely N-dealkylation sites (tertiary alicyclic amines) is 1. The van der Waals surface area contributed by atoms with E-state index in [2.05, 4.69) is 0 Å². The van der Waals surface area contributed by atoms with Gasteiger partial charge in [-0.3, -0.25) is 4.79 Å². The molecule has 0 radical (unpaired) electrons. The molecular formula is C14H18ClNO3. The number of para-hydroxylation sites is 1. The van der Waals surface area contributed by atoms with E-state index in [0.717, 1.165) is 6.42 Å². The Balaban J connectivity index is 1.84. The fraction of sp³-hybridized carbons (Fsp3) is 0.500. The lowest BCUT2D eigenvalue weighted by Crippen LogP contribution is -2.34. The molecule has 19 heavy (non-hydrogen) atoms. The van der Waals surface area contributed by atoms with Crippen molar-refractivity contribution in [3.63, 3.8) is 0 Å². The van der Waals surface area contributed by atoms with Gasteiger partial charge in [-0.25, -0.2) is 0 Å². The third-order valence-electron chi connectivity index (χ3n) is 3.45. The minimum atomic E-state index is -0.373. The Bertz CT molecular complexity index is 450. The molecule has 0 bridgehead atoms. The summed E-state index contributed by atoms with van der Waals surface area (Å²) in [5.41, 5.74) is 0. The summed E-state index contributed by atoms with van der Waals surface area (Å²) in [5.74, 6) is 0.621. The fourth-order valence-corrected chi connectivity index (χ4v) is 2.39. The summed E-state index contributed by atoms with van der Waals surface area (Å²) < 4.78 is 5.42. The highest BCUT2D eigenvalue weighted by Crippen LogP contribution is 2.24. The van der Waals surface area contributed by atoms with E-state index < -0.39 is 0 Å². The van der Waals surface area contributed by atoms with Crippen molar-refractivity contribution in [2.45, 2.75) is 19.4 Å². The second kappa shape index (κ2) is 6.26. The topological polar surface area (TPSA) is 49.8 Å². The normalized spacial score (nSPS) is 20.4. The van der Waals surface area contributed by atoms with Crippen molar-refractivity contribution in [1.82, 2.24) is 4.90 Å². The summed E-state index contributed by atoms with van der Waals surface area (Å²) >= 11 is 5.95. The highest BCUT2D eigenvalue weighted by Gasteiger charge is 2.29. The first-order valence-electron chi connectivity index (χ1n) is 6.41. The average molecular weight is 284 g/mol. The number of hydrogen-bond acceptors (Lipinski definition) is 3. The summed E-state index contributed by atoms with van der Waals surface area (Å²) in [6, 6.07) is 7.08. The third kappa shape index (κ3) is 3.61. The molecule has 0 saturated carbocycles. The number of aliphatic hydroxyl groups is 1. The van der Waals surface area contributed by atoms with Gasteiger partial charge < -0.3 is 14.7 Å². The highest BCUT2D eigenvalue weighted by molar-refractivity contribution is 6.32. The number of aliphatic hydroxyl groups excluding tert-OH is 1. The molecule has 1 aliphatic heterocycles. The number of halogens is 1. The van der Waals surface area contributed by atoms with Crippen LogP contribution in [0.15, 0.2) is 24.3 Å². The minimum Gasteiger partial charge on any atom is -0.482 e. The summed E-state index contributed by atoms with van der Waals surface area (Å²) in [7, 11) is 0. The van der Waals surface area contributed by atoms with Crippen molar-refractivity contribution in [2.75, 3.05) is 19.7 Å². The van der Waals surface area contributed by atoms with Crippen molar-refractivity contribution in [3.05, 3.63) is 29.3 Å². The molecule has 1 saturated heterocycles. The van der Waals surface area contributed by atoms with Crippen molar-refractivity contribution >= 4 is 17.5 Å². The van der Waals surface area contributed by atoms with E-state index in [0.29, 0.717) is 23.9 Å². The second-order valence-electron chi connectivity index (χ2n) is 4.85. The SMILES string of the molecule is CC(O)C1CCN(C(=O)COc2ccccc2Cl)C1. The first-order valence-corrected chi connectivity index (χ1v) is 6.79. The maximum Gasteiger partial charge on any atom is 0.260 e. The fourth-order valence-electron chi connectivity index (χ4n) is 2.20. The zero-order valence-corrected chi connectivity index (χ0v) is 11.6. The largest absolute Gasteiger partial charge is 0.482 e. The molecule has 1 aromatic carbocycles. The van der Waals surface area contributed by atoms with Gasteiger partial charge in [0, 0.05) is 19.0 Å². The van der Waals surface area contributed by atoms with Crippen molar-refractivity contribution in [3.8, 4) is 5.75 Å².